The maximum absolute atomic E-state index is 12.0. The average Bonchev–Trinajstić information content (AvgIpc) is 2.34. The quantitative estimate of drug-likeness (QED) is 0.783. The van der Waals surface area contributed by atoms with E-state index in [1.165, 1.54) is 0 Å². The molecule has 18 heavy (non-hydrogen) atoms. The molecule has 0 aliphatic rings. The van der Waals surface area contributed by atoms with E-state index in [9.17, 15) is 4.79 Å². The fraction of sp³-hybridized carbons (Fsp3) is 0. The SMILES string of the molecule is O=C(Nc1ccc(Cl)c(Cl)c1)c1ccccc1S. The number of hydrogen-bond donors (Lipinski definition) is 2. The zero-order valence-corrected chi connectivity index (χ0v) is 11.6. The third-order valence-corrected chi connectivity index (χ3v) is 3.46. The Labute approximate surface area is 120 Å². The standard InChI is InChI=1S/C13H9Cl2NOS/c14-10-6-5-8(7-11(10)15)16-13(17)9-3-1-2-4-12(9)18/h1-7,18H,(H,16,17). The van der Waals surface area contributed by atoms with Crippen molar-refractivity contribution in [1.29, 1.82) is 0 Å². The summed E-state index contributed by atoms with van der Waals surface area (Å²) >= 11 is 15.9. The topological polar surface area (TPSA) is 29.1 Å². The molecule has 92 valence electrons. The van der Waals surface area contributed by atoms with Gasteiger partial charge in [-0.2, -0.15) is 0 Å². The lowest BCUT2D eigenvalue weighted by Crippen LogP contribution is -2.12. The molecule has 0 atom stereocenters. The van der Waals surface area contributed by atoms with Crippen LogP contribution < -0.4 is 5.32 Å². The first-order valence-corrected chi connectivity index (χ1v) is 6.32. The molecule has 0 saturated carbocycles. The molecule has 0 aliphatic heterocycles. The molecular weight excluding hydrogens is 289 g/mol. The van der Waals surface area contributed by atoms with Crippen molar-refractivity contribution in [1.82, 2.24) is 0 Å². The number of benzene rings is 2. The number of carbonyl (C=O) groups excluding carboxylic acids is 1. The van der Waals surface area contributed by atoms with E-state index in [0.717, 1.165) is 0 Å². The molecule has 1 N–H and O–H groups in total. The average molecular weight is 298 g/mol. The van der Waals surface area contributed by atoms with Gasteiger partial charge in [0.25, 0.3) is 5.91 Å². The minimum absolute atomic E-state index is 0.237. The van der Waals surface area contributed by atoms with Crippen molar-refractivity contribution in [3.05, 3.63) is 58.1 Å². The Morgan fingerprint density at radius 1 is 1.06 bits per heavy atom. The van der Waals surface area contributed by atoms with Gasteiger partial charge in [-0.15, -0.1) is 12.6 Å². The van der Waals surface area contributed by atoms with Gasteiger partial charge in [-0.05, 0) is 30.3 Å². The zero-order chi connectivity index (χ0) is 13.1. The van der Waals surface area contributed by atoms with Crippen molar-refractivity contribution in [3.63, 3.8) is 0 Å². The molecule has 0 aromatic heterocycles. The van der Waals surface area contributed by atoms with Crippen molar-refractivity contribution in [2.24, 2.45) is 0 Å². The summed E-state index contributed by atoms with van der Waals surface area (Å²) in [6.45, 7) is 0. The van der Waals surface area contributed by atoms with Gasteiger partial charge in [-0.25, -0.2) is 0 Å². The summed E-state index contributed by atoms with van der Waals surface area (Å²) in [5.74, 6) is -0.237. The molecule has 0 radical (unpaired) electrons. The summed E-state index contributed by atoms with van der Waals surface area (Å²) in [4.78, 5) is 12.6. The summed E-state index contributed by atoms with van der Waals surface area (Å²) in [5.41, 5.74) is 1.10. The van der Waals surface area contributed by atoms with Gasteiger partial charge in [-0.1, -0.05) is 35.3 Å². The summed E-state index contributed by atoms with van der Waals surface area (Å²) in [5, 5.41) is 3.58. The highest BCUT2D eigenvalue weighted by Crippen LogP contribution is 2.25. The first-order chi connectivity index (χ1) is 8.58. The van der Waals surface area contributed by atoms with Crippen LogP contribution in [0.2, 0.25) is 10.0 Å². The van der Waals surface area contributed by atoms with Crippen LogP contribution >= 0.6 is 35.8 Å². The minimum atomic E-state index is -0.237. The van der Waals surface area contributed by atoms with E-state index in [1.807, 2.05) is 6.07 Å². The first-order valence-electron chi connectivity index (χ1n) is 5.12. The van der Waals surface area contributed by atoms with Crippen molar-refractivity contribution in [2.45, 2.75) is 4.90 Å². The number of hydrogen-bond acceptors (Lipinski definition) is 2. The van der Waals surface area contributed by atoms with Gasteiger partial charge in [0.05, 0.1) is 15.6 Å². The Bertz CT molecular complexity index is 601. The van der Waals surface area contributed by atoms with Gasteiger partial charge >= 0.3 is 0 Å². The van der Waals surface area contributed by atoms with E-state index in [4.69, 9.17) is 23.2 Å². The molecule has 0 saturated heterocycles. The predicted octanol–water partition coefficient (Wildman–Crippen LogP) is 4.53. The predicted molar refractivity (Wildman–Crippen MR) is 78.1 cm³/mol. The number of thiol groups is 1. The van der Waals surface area contributed by atoms with Gasteiger partial charge in [0, 0.05) is 10.6 Å². The number of halogens is 2. The van der Waals surface area contributed by atoms with Crippen LogP contribution in [0.3, 0.4) is 0 Å². The first kappa shape index (κ1) is 13.3. The molecular formula is C13H9Cl2NOS. The second kappa shape index (κ2) is 5.65. The molecule has 0 aliphatic carbocycles. The summed E-state index contributed by atoms with van der Waals surface area (Å²) in [6.07, 6.45) is 0. The van der Waals surface area contributed by atoms with Crippen LogP contribution in [0.5, 0.6) is 0 Å². The number of rotatable bonds is 2. The van der Waals surface area contributed by atoms with Crippen LogP contribution in [-0.2, 0) is 0 Å². The molecule has 2 nitrogen and oxygen atoms in total. The molecule has 2 aromatic carbocycles. The third-order valence-electron chi connectivity index (χ3n) is 2.33. The van der Waals surface area contributed by atoms with Gasteiger partial charge in [0.15, 0.2) is 0 Å². The van der Waals surface area contributed by atoms with Gasteiger partial charge < -0.3 is 5.32 Å². The van der Waals surface area contributed by atoms with Crippen molar-refractivity contribution >= 4 is 47.4 Å². The smallest absolute Gasteiger partial charge is 0.256 e. The van der Waals surface area contributed by atoms with Crippen LogP contribution in [0.4, 0.5) is 5.69 Å². The van der Waals surface area contributed by atoms with Crippen molar-refractivity contribution in [3.8, 4) is 0 Å². The lowest BCUT2D eigenvalue weighted by atomic mass is 10.2. The molecule has 0 heterocycles. The summed E-state index contributed by atoms with van der Waals surface area (Å²) in [7, 11) is 0. The third kappa shape index (κ3) is 2.99. The number of carbonyl (C=O) groups is 1. The van der Waals surface area contributed by atoms with E-state index in [1.54, 1.807) is 36.4 Å². The maximum Gasteiger partial charge on any atom is 0.256 e. The molecule has 2 aromatic rings. The van der Waals surface area contributed by atoms with Gasteiger partial charge in [0.1, 0.15) is 0 Å². The van der Waals surface area contributed by atoms with Crippen molar-refractivity contribution < 1.29 is 4.79 Å². The highest BCUT2D eigenvalue weighted by Gasteiger charge is 2.09. The molecule has 0 bridgehead atoms. The number of amides is 1. The molecule has 0 fully saturated rings. The molecule has 0 spiro atoms. The summed E-state index contributed by atoms with van der Waals surface area (Å²) < 4.78 is 0. The van der Waals surface area contributed by atoms with E-state index in [2.05, 4.69) is 17.9 Å². The monoisotopic (exact) mass is 297 g/mol. The summed E-state index contributed by atoms with van der Waals surface area (Å²) in [6, 6.07) is 12.0. The van der Waals surface area contributed by atoms with Crippen LogP contribution in [0, 0.1) is 0 Å². The highest BCUT2D eigenvalue weighted by molar-refractivity contribution is 7.80. The number of anilines is 1. The molecule has 5 heteroatoms. The normalized spacial score (nSPS) is 10.2. The zero-order valence-electron chi connectivity index (χ0n) is 9.15. The second-order valence-electron chi connectivity index (χ2n) is 3.60. The van der Waals surface area contributed by atoms with E-state index >= 15 is 0 Å². The lowest BCUT2D eigenvalue weighted by molar-refractivity contribution is 0.102. The van der Waals surface area contributed by atoms with Crippen molar-refractivity contribution in [2.75, 3.05) is 5.32 Å². The largest absolute Gasteiger partial charge is 0.322 e. The number of nitrogens with one attached hydrogen (secondary N) is 1. The fourth-order valence-corrected chi connectivity index (χ4v) is 2.00. The highest BCUT2D eigenvalue weighted by atomic mass is 35.5. The maximum atomic E-state index is 12.0. The Balaban J connectivity index is 2.22. The van der Waals surface area contributed by atoms with E-state index in [-0.39, 0.29) is 5.91 Å². The molecule has 1 amide bonds. The Hall–Kier alpha value is -1.16. The van der Waals surface area contributed by atoms with Crippen LogP contribution in [-0.4, -0.2) is 5.91 Å². The lowest BCUT2D eigenvalue weighted by Gasteiger charge is -2.07. The van der Waals surface area contributed by atoms with Gasteiger partial charge in [0.2, 0.25) is 0 Å². The van der Waals surface area contributed by atoms with Crippen LogP contribution in [0.15, 0.2) is 47.4 Å². The fourth-order valence-electron chi connectivity index (χ4n) is 1.44. The molecule has 2 rings (SSSR count). The minimum Gasteiger partial charge on any atom is -0.322 e. The Morgan fingerprint density at radius 3 is 2.44 bits per heavy atom. The molecule has 0 unspecified atom stereocenters. The van der Waals surface area contributed by atoms with Crippen LogP contribution in [0.1, 0.15) is 10.4 Å². The van der Waals surface area contributed by atoms with Crippen LogP contribution in [0.25, 0.3) is 0 Å². The Kier molecular flexibility index (Phi) is 4.17. The van der Waals surface area contributed by atoms with E-state index < -0.39 is 0 Å². The second-order valence-corrected chi connectivity index (χ2v) is 4.90. The Morgan fingerprint density at radius 2 is 1.78 bits per heavy atom. The van der Waals surface area contributed by atoms with E-state index in [0.29, 0.717) is 26.2 Å². The van der Waals surface area contributed by atoms with Gasteiger partial charge in [-0.3, -0.25) is 4.79 Å².